The number of carbonyl (C=O) groups excluding carboxylic acids is 2. The molecule has 0 spiro atoms. The third-order valence-corrected chi connectivity index (χ3v) is 5.21. The minimum atomic E-state index is -0.878. The molecule has 1 aromatic heterocycles. The van der Waals surface area contributed by atoms with Gasteiger partial charge in [-0.2, -0.15) is 0 Å². The Hall–Kier alpha value is -3.80. The molecule has 1 fully saturated rings. The lowest BCUT2D eigenvalue weighted by Gasteiger charge is -2.24. The van der Waals surface area contributed by atoms with E-state index in [2.05, 4.69) is 0 Å². The van der Waals surface area contributed by atoms with Gasteiger partial charge in [0.2, 0.25) is 0 Å². The molecule has 1 amide bonds. The second-order valence-electron chi connectivity index (χ2n) is 7.35. The molecule has 31 heavy (non-hydrogen) atoms. The van der Waals surface area contributed by atoms with Gasteiger partial charge in [-0.3, -0.25) is 14.5 Å². The topological polar surface area (TPSA) is 80.0 Å². The van der Waals surface area contributed by atoms with Crippen LogP contribution in [0.3, 0.4) is 0 Å². The molecule has 0 radical (unpaired) electrons. The molecule has 2 heterocycles. The van der Waals surface area contributed by atoms with E-state index in [-0.39, 0.29) is 11.3 Å². The number of hydrogen-bond donors (Lipinski definition) is 1. The van der Waals surface area contributed by atoms with Crippen LogP contribution in [0.2, 0.25) is 0 Å². The Balaban J connectivity index is 1.87. The summed E-state index contributed by atoms with van der Waals surface area (Å²) in [6.07, 6.45) is 2.32. The Morgan fingerprint density at radius 1 is 1.10 bits per heavy atom. The van der Waals surface area contributed by atoms with E-state index in [9.17, 15) is 14.7 Å². The van der Waals surface area contributed by atoms with Gasteiger partial charge in [-0.15, -0.1) is 0 Å². The summed E-state index contributed by atoms with van der Waals surface area (Å²) in [6, 6.07) is 16.6. The second-order valence-corrected chi connectivity index (χ2v) is 7.35. The maximum Gasteiger partial charge on any atom is 0.300 e. The number of benzene rings is 2. The van der Waals surface area contributed by atoms with Crippen molar-refractivity contribution in [2.75, 3.05) is 11.5 Å². The summed E-state index contributed by atoms with van der Waals surface area (Å²) >= 11 is 0. The fourth-order valence-electron chi connectivity index (χ4n) is 3.74. The van der Waals surface area contributed by atoms with Crippen molar-refractivity contribution in [3.05, 3.63) is 89.4 Å². The van der Waals surface area contributed by atoms with Gasteiger partial charge >= 0.3 is 0 Å². The van der Waals surface area contributed by atoms with Crippen LogP contribution in [0, 0.1) is 6.92 Å². The number of ketones is 1. The number of para-hydroxylation sites is 1. The third-order valence-electron chi connectivity index (χ3n) is 5.21. The summed E-state index contributed by atoms with van der Waals surface area (Å²) in [4.78, 5) is 27.6. The predicted molar refractivity (Wildman–Crippen MR) is 117 cm³/mol. The highest BCUT2D eigenvalue weighted by Crippen LogP contribution is 2.43. The first kappa shape index (κ1) is 20.5. The van der Waals surface area contributed by atoms with Gasteiger partial charge in [-0.05, 0) is 49.2 Å². The number of aryl methyl sites for hydroxylation is 1. The minimum absolute atomic E-state index is 0.0177. The van der Waals surface area contributed by atoms with Crippen LogP contribution in [0.5, 0.6) is 5.75 Å². The molecule has 2 aromatic carbocycles. The number of Topliss-reactive ketones (excluding diaryl/α,β-unsaturated/α-hetero) is 1. The number of nitrogens with zero attached hydrogens (tertiary/aromatic N) is 1. The molecule has 1 N–H and O–H groups in total. The molecule has 0 bridgehead atoms. The lowest BCUT2D eigenvalue weighted by molar-refractivity contribution is -0.132. The number of carbonyl (C=O) groups is 2. The van der Waals surface area contributed by atoms with Crippen LogP contribution in [-0.2, 0) is 9.59 Å². The average molecular weight is 417 g/mol. The summed E-state index contributed by atoms with van der Waals surface area (Å²) in [5, 5.41) is 11.1. The minimum Gasteiger partial charge on any atom is -0.507 e. The Labute approximate surface area is 180 Å². The standard InChI is InChI=1S/C25H23NO5/c1-3-13-30-18-10-6-9-17(15-18)23(27)21-22(20-12-7-14-31-20)26(25(29)24(21)28)19-11-5-4-8-16(19)2/h4-12,14-15,22,27H,3,13H2,1-2H3/b23-21-. The van der Waals surface area contributed by atoms with Crippen molar-refractivity contribution in [1.29, 1.82) is 0 Å². The number of hydrogen-bond acceptors (Lipinski definition) is 5. The molecule has 1 aliphatic rings. The van der Waals surface area contributed by atoms with E-state index in [0.717, 1.165) is 12.0 Å². The molecule has 3 aromatic rings. The number of rotatable bonds is 6. The first-order valence-corrected chi connectivity index (χ1v) is 10.2. The van der Waals surface area contributed by atoms with Crippen molar-refractivity contribution >= 4 is 23.1 Å². The summed E-state index contributed by atoms with van der Waals surface area (Å²) in [5.74, 6) is -0.772. The molecule has 158 valence electrons. The third kappa shape index (κ3) is 3.72. The lowest BCUT2D eigenvalue weighted by Crippen LogP contribution is -2.29. The van der Waals surface area contributed by atoms with E-state index in [0.29, 0.717) is 29.4 Å². The van der Waals surface area contributed by atoms with Crippen LogP contribution in [0.15, 0.2) is 76.9 Å². The molecule has 1 aliphatic heterocycles. The summed E-state index contributed by atoms with van der Waals surface area (Å²) in [6.45, 7) is 4.40. The van der Waals surface area contributed by atoms with Gasteiger partial charge in [0.1, 0.15) is 23.3 Å². The van der Waals surface area contributed by atoms with E-state index in [4.69, 9.17) is 9.15 Å². The first-order chi connectivity index (χ1) is 15.0. The Morgan fingerprint density at radius 2 is 1.90 bits per heavy atom. The largest absolute Gasteiger partial charge is 0.507 e. The van der Waals surface area contributed by atoms with Crippen LogP contribution >= 0.6 is 0 Å². The smallest absolute Gasteiger partial charge is 0.300 e. The molecule has 6 nitrogen and oxygen atoms in total. The van der Waals surface area contributed by atoms with Crippen LogP contribution in [0.1, 0.15) is 36.3 Å². The highest BCUT2D eigenvalue weighted by molar-refractivity contribution is 6.51. The van der Waals surface area contributed by atoms with Crippen molar-refractivity contribution in [2.24, 2.45) is 0 Å². The van der Waals surface area contributed by atoms with E-state index < -0.39 is 17.7 Å². The van der Waals surface area contributed by atoms with Gasteiger partial charge in [0, 0.05) is 11.3 Å². The fourth-order valence-corrected chi connectivity index (χ4v) is 3.74. The Kier molecular flexibility index (Phi) is 5.62. The molecular formula is C25H23NO5. The van der Waals surface area contributed by atoms with E-state index in [1.807, 2.05) is 26.0 Å². The van der Waals surface area contributed by atoms with Gasteiger partial charge in [-0.25, -0.2) is 0 Å². The molecule has 1 saturated heterocycles. The number of aliphatic hydroxyl groups excluding tert-OH is 1. The van der Waals surface area contributed by atoms with Crippen LogP contribution in [-0.4, -0.2) is 23.4 Å². The lowest BCUT2D eigenvalue weighted by atomic mass is 9.99. The monoisotopic (exact) mass is 417 g/mol. The van der Waals surface area contributed by atoms with Gasteiger partial charge in [0.15, 0.2) is 0 Å². The van der Waals surface area contributed by atoms with Crippen LogP contribution < -0.4 is 9.64 Å². The predicted octanol–water partition coefficient (Wildman–Crippen LogP) is 5.00. The number of ether oxygens (including phenoxy) is 1. The highest BCUT2D eigenvalue weighted by Gasteiger charge is 2.48. The van der Waals surface area contributed by atoms with Crippen molar-refractivity contribution < 1.29 is 23.8 Å². The van der Waals surface area contributed by atoms with Crippen molar-refractivity contribution in [3.8, 4) is 5.75 Å². The Bertz CT molecular complexity index is 1150. The summed E-state index contributed by atoms with van der Waals surface area (Å²) in [5.41, 5.74) is 1.80. The number of furan rings is 1. The second kappa shape index (κ2) is 8.52. The molecule has 0 saturated carbocycles. The van der Waals surface area contributed by atoms with E-state index >= 15 is 0 Å². The molecule has 4 rings (SSSR count). The van der Waals surface area contributed by atoms with Crippen LogP contribution in [0.25, 0.3) is 5.76 Å². The normalized spacial score (nSPS) is 17.9. The van der Waals surface area contributed by atoms with Crippen LogP contribution in [0.4, 0.5) is 5.69 Å². The van der Waals surface area contributed by atoms with Gasteiger partial charge < -0.3 is 14.3 Å². The Morgan fingerprint density at radius 3 is 2.61 bits per heavy atom. The zero-order valence-corrected chi connectivity index (χ0v) is 17.4. The SMILES string of the molecule is CCCOc1cccc(/C(O)=C2/C(=O)C(=O)N(c3ccccc3C)C2c2ccco2)c1. The van der Waals surface area contributed by atoms with Gasteiger partial charge in [0.25, 0.3) is 11.7 Å². The quantitative estimate of drug-likeness (QED) is 0.347. The maximum atomic E-state index is 13.1. The van der Waals surface area contributed by atoms with E-state index in [1.165, 1.54) is 11.2 Å². The van der Waals surface area contributed by atoms with Crippen molar-refractivity contribution in [1.82, 2.24) is 0 Å². The molecule has 1 unspecified atom stereocenters. The summed E-state index contributed by atoms with van der Waals surface area (Å²) < 4.78 is 11.2. The molecule has 1 atom stereocenters. The zero-order chi connectivity index (χ0) is 22.0. The number of amides is 1. The first-order valence-electron chi connectivity index (χ1n) is 10.2. The van der Waals surface area contributed by atoms with Crippen molar-refractivity contribution in [3.63, 3.8) is 0 Å². The van der Waals surface area contributed by atoms with Gasteiger partial charge in [0.05, 0.1) is 18.4 Å². The average Bonchev–Trinajstić information content (AvgIpc) is 3.40. The molecule has 0 aliphatic carbocycles. The van der Waals surface area contributed by atoms with E-state index in [1.54, 1.807) is 48.5 Å². The maximum absolute atomic E-state index is 13.1. The fraction of sp³-hybridized carbons (Fsp3) is 0.200. The highest BCUT2D eigenvalue weighted by atomic mass is 16.5. The number of anilines is 1. The van der Waals surface area contributed by atoms with Crippen molar-refractivity contribution in [2.45, 2.75) is 26.3 Å². The van der Waals surface area contributed by atoms with Gasteiger partial charge in [-0.1, -0.05) is 37.3 Å². The zero-order valence-electron chi connectivity index (χ0n) is 17.4. The molecule has 6 heteroatoms. The number of aliphatic hydroxyl groups is 1. The molecular weight excluding hydrogens is 394 g/mol. The summed E-state index contributed by atoms with van der Waals surface area (Å²) in [7, 11) is 0.